The highest BCUT2D eigenvalue weighted by Crippen LogP contribution is 2.33. The van der Waals surface area contributed by atoms with E-state index in [-0.39, 0.29) is 6.01 Å². The molecule has 0 fully saturated rings. The van der Waals surface area contributed by atoms with Gasteiger partial charge in [0.1, 0.15) is 0 Å². The smallest absolute Gasteiger partial charge is 0.328 e. The van der Waals surface area contributed by atoms with Crippen LogP contribution in [0.5, 0.6) is 23.5 Å². The van der Waals surface area contributed by atoms with E-state index in [1.54, 1.807) is 24.3 Å². The van der Waals surface area contributed by atoms with Gasteiger partial charge in [0.2, 0.25) is 11.8 Å². The predicted octanol–water partition coefficient (Wildman–Crippen LogP) is 5.34. The summed E-state index contributed by atoms with van der Waals surface area (Å²) in [5.41, 5.74) is 1.47. The summed E-state index contributed by atoms with van der Waals surface area (Å²) >= 11 is 12.0. The summed E-state index contributed by atoms with van der Waals surface area (Å²) in [6.07, 6.45) is 0. The molecule has 1 aromatic heterocycles. The Morgan fingerprint density at radius 3 is 2.19 bits per heavy atom. The molecule has 3 rings (SSSR count). The molecule has 0 bridgehead atoms. The van der Waals surface area contributed by atoms with Gasteiger partial charge in [0.15, 0.2) is 5.75 Å². The Morgan fingerprint density at radius 1 is 0.846 bits per heavy atom. The maximum atomic E-state index is 6.07. The number of hydrogen-bond acceptors (Lipinski definition) is 6. The van der Waals surface area contributed by atoms with Crippen molar-refractivity contribution >= 4 is 34.6 Å². The first kappa shape index (κ1) is 18.1. The van der Waals surface area contributed by atoms with E-state index in [2.05, 4.69) is 15.3 Å². The largest absolute Gasteiger partial charge is 0.481 e. The number of nitrogens with one attached hydrogen (secondary N) is 1. The topological polar surface area (TPSA) is 65.5 Å². The number of benzene rings is 2. The SMILES string of the molecule is COc1cc(OC)nc(Oc2ccccc2Nc2ccc(Cl)c(Cl)c2)n1. The van der Waals surface area contributed by atoms with Crippen LogP contribution in [0.25, 0.3) is 0 Å². The summed E-state index contributed by atoms with van der Waals surface area (Å²) in [4.78, 5) is 8.33. The zero-order chi connectivity index (χ0) is 18.5. The first-order chi connectivity index (χ1) is 12.6. The van der Waals surface area contributed by atoms with Crippen LogP contribution >= 0.6 is 23.2 Å². The summed E-state index contributed by atoms with van der Waals surface area (Å²) in [6.45, 7) is 0. The number of hydrogen-bond donors (Lipinski definition) is 1. The van der Waals surface area contributed by atoms with E-state index < -0.39 is 0 Å². The van der Waals surface area contributed by atoms with Gasteiger partial charge in [-0.1, -0.05) is 35.3 Å². The maximum Gasteiger partial charge on any atom is 0.328 e. The van der Waals surface area contributed by atoms with Crippen molar-refractivity contribution in [2.24, 2.45) is 0 Å². The minimum Gasteiger partial charge on any atom is -0.481 e. The van der Waals surface area contributed by atoms with Crippen LogP contribution in [0.1, 0.15) is 0 Å². The first-order valence-electron chi connectivity index (χ1n) is 7.55. The standard InChI is InChI=1S/C18H15Cl2N3O3/c1-24-16-10-17(25-2)23-18(22-16)26-15-6-4-3-5-14(15)21-11-7-8-12(19)13(20)9-11/h3-10,21H,1-2H3. The van der Waals surface area contributed by atoms with Gasteiger partial charge >= 0.3 is 6.01 Å². The van der Waals surface area contributed by atoms with Crippen molar-refractivity contribution in [3.63, 3.8) is 0 Å². The molecule has 0 radical (unpaired) electrons. The van der Waals surface area contributed by atoms with E-state index in [4.69, 9.17) is 37.4 Å². The van der Waals surface area contributed by atoms with Crippen molar-refractivity contribution in [2.45, 2.75) is 0 Å². The number of aromatic nitrogens is 2. The van der Waals surface area contributed by atoms with E-state index in [9.17, 15) is 0 Å². The Bertz CT molecular complexity index is 900. The second-order valence-corrected chi connectivity index (χ2v) is 5.90. The van der Waals surface area contributed by atoms with Gasteiger partial charge in [-0.3, -0.25) is 0 Å². The summed E-state index contributed by atoms with van der Waals surface area (Å²) in [5.74, 6) is 1.19. The molecule has 0 aliphatic carbocycles. The molecule has 0 aliphatic heterocycles. The molecule has 134 valence electrons. The Hall–Kier alpha value is -2.70. The summed E-state index contributed by atoms with van der Waals surface area (Å²) in [6, 6.07) is 14.3. The van der Waals surface area contributed by atoms with Gasteiger partial charge in [0, 0.05) is 5.69 Å². The molecule has 3 aromatic rings. The molecule has 0 saturated carbocycles. The quantitative estimate of drug-likeness (QED) is 0.611. The van der Waals surface area contributed by atoms with Crippen molar-refractivity contribution in [2.75, 3.05) is 19.5 Å². The molecule has 1 heterocycles. The summed E-state index contributed by atoms with van der Waals surface area (Å²) < 4.78 is 16.1. The Labute approximate surface area is 160 Å². The number of methoxy groups -OCH3 is 2. The zero-order valence-corrected chi connectivity index (χ0v) is 15.5. The molecule has 2 aromatic carbocycles. The lowest BCUT2D eigenvalue weighted by Gasteiger charge is -2.13. The van der Waals surface area contributed by atoms with Gasteiger partial charge < -0.3 is 19.5 Å². The van der Waals surface area contributed by atoms with Crippen LogP contribution in [0.3, 0.4) is 0 Å². The maximum absolute atomic E-state index is 6.07. The van der Waals surface area contributed by atoms with E-state index in [1.807, 2.05) is 24.3 Å². The third-order valence-electron chi connectivity index (χ3n) is 3.36. The van der Waals surface area contributed by atoms with Crippen molar-refractivity contribution in [3.8, 4) is 23.5 Å². The fourth-order valence-electron chi connectivity index (χ4n) is 2.13. The minimum atomic E-state index is 0.101. The van der Waals surface area contributed by atoms with Crippen LogP contribution in [0.4, 0.5) is 11.4 Å². The lowest BCUT2D eigenvalue weighted by molar-refractivity contribution is 0.348. The molecule has 0 atom stereocenters. The molecular formula is C18H15Cl2N3O3. The highest BCUT2D eigenvalue weighted by molar-refractivity contribution is 6.42. The molecule has 0 amide bonds. The summed E-state index contributed by atoms with van der Waals surface area (Å²) in [5, 5.41) is 4.17. The van der Waals surface area contributed by atoms with Crippen molar-refractivity contribution in [1.82, 2.24) is 9.97 Å². The first-order valence-corrected chi connectivity index (χ1v) is 8.30. The van der Waals surface area contributed by atoms with Crippen LogP contribution in [0.15, 0.2) is 48.5 Å². The van der Waals surface area contributed by atoms with Gasteiger partial charge in [-0.15, -0.1) is 0 Å². The fraction of sp³-hybridized carbons (Fsp3) is 0.111. The molecule has 0 saturated heterocycles. The Kier molecular flexibility index (Phi) is 5.65. The number of para-hydroxylation sites is 2. The lowest BCUT2D eigenvalue weighted by Crippen LogP contribution is -2.00. The van der Waals surface area contributed by atoms with Gasteiger partial charge in [0.05, 0.1) is 36.0 Å². The van der Waals surface area contributed by atoms with Crippen molar-refractivity contribution < 1.29 is 14.2 Å². The van der Waals surface area contributed by atoms with Crippen LogP contribution in [0, 0.1) is 0 Å². The third-order valence-corrected chi connectivity index (χ3v) is 4.10. The van der Waals surface area contributed by atoms with E-state index in [1.165, 1.54) is 14.2 Å². The van der Waals surface area contributed by atoms with Crippen molar-refractivity contribution in [3.05, 3.63) is 58.6 Å². The summed E-state index contributed by atoms with van der Waals surface area (Å²) in [7, 11) is 3.01. The molecule has 0 aliphatic rings. The average molecular weight is 392 g/mol. The number of anilines is 2. The van der Waals surface area contributed by atoms with Crippen LogP contribution in [-0.2, 0) is 0 Å². The highest BCUT2D eigenvalue weighted by atomic mass is 35.5. The molecule has 0 unspecified atom stereocenters. The van der Waals surface area contributed by atoms with Crippen LogP contribution in [-0.4, -0.2) is 24.2 Å². The average Bonchev–Trinajstić information content (AvgIpc) is 2.66. The third kappa shape index (κ3) is 4.28. The van der Waals surface area contributed by atoms with Crippen LogP contribution in [0.2, 0.25) is 10.0 Å². The minimum absolute atomic E-state index is 0.101. The number of nitrogens with zero attached hydrogens (tertiary/aromatic N) is 2. The van der Waals surface area contributed by atoms with Crippen molar-refractivity contribution in [1.29, 1.82) is 0 Å². The Morgan fingerprint density at radius 2 is 1.54 bits per heavy atom. The van der Waals surface area contributed by atoms with Gasteiger partial charge in [-0.05, 0) is 30.3 Å². The van der Waals surface area contributed by atoms with Gasteiger partial charge in [-0.2, -0.15) is 9.97 Å². The predicted molar refractivity (Wildman–Crippen MR) is 101 cm³/mol. The molecule has 0 spiro atoms. The van der Waals surface area contributed by atoms with E-state index >= 15 is 0 Å². The molecule has 26 heavy (non-hydrogen) atoms. The fourth-order valence-corrected chi connectivity index (χ4v) is 2.42. The second-order valence-electron chi connectivity index (χ2n) is 5.09. The Balaban J connectivity index is 1.89. The monoisotopic (exact) mass is 391 g/mol. The van der Waals surface area contributed by atoms with Crippen LogP contribution < -0.4 is 19.5 Å². The highest BCUT2D eigenvalue weighted by Gasteiger charge is 2.11. The molecule has 1 N–H and O–H groups in total. The van der Waals surface area contributed by atoms with Gasteiger partial charge in [0.25, 0.3) is 0 Å². The lowest BCUT2D eigenvalue weighted by atomic mass is 10.2. The molecule has 6 nitrogen and oxygen atoms in total. The zero-order valence-electron chi connectivity index (χ0n) is 14.0. The number of halogens is 2. The molecule has 8 heteroatoms. The van der Waals surface area contributed by atoms with Gasteiger partial charge in [-0.25, -0.2) is 0 Å². The second kappa shape index (κ2) is 8.12. The number of rotatable bonds is 6. The normalized spacial score (nSPS) is 10.3. The van der Waals surface area contributed by atoms with E-state index in [0.29, 0.717) is 33.2 Å². The van der Waals surface area contributed by atoms with E-state index in [0.717, 1.165) is 5.69 Å². The number of ether oxygens (including phenoxy) is 3. The molecular weight excluding hydrogens is 377 g/mol.